The first-order chi connectivity index (χ1) is 7.76. The fourth-order valence-electron chi connectivity index (χ4n) is 1.96. The summed E-state index contributed by atoms with van der Waals surface area (Å²) in [7, 11) is 0. The fourth-order valence-corrected chi connectivity index (χ4v) is 1.96. The number of aryl methyl sites for hydroxylation is 1. The van der Waals surface area contributed by atoms with Crippen LogP contribution in [0, 0.1) is 0 Å². The van der Waals surface area contributed by atoms with Gasteiger partial charge in [0.25, 0.3) is 0 Å². The molecule has 0 unspecified atom stereocenters. The molecular weight excluding hydrogens is 200 g/mol. The molecule has 1 N–H and O–H groups in total. The van der Waals surface area contributed by atoms with Crippen LogP contribution < -0.4 is 0 Å². The van der Waals surface area contributed by atoms with E-state index in [0.717, 1.165) is 23.6 Å². The van der Waals surface area contributed by atoms with Crippen LogP contribution in [0.3, 0.4) is 0 Å². The molecule has 0 saturated carbocycles. The number of aromatic hydroxyl groups is 1. The average molecular weight is 214 g/mol. The summed E-state index contributed by atoms with van der Waals surface area (Å²) in [6, 6.07) is 9.41. The molecule has 0 aromatic heterocycles. The Morgan fingerprint density at radius 2 is 2.06 bits per heavy atom. The van der Waals surface area contributed by atoms with Crippen LogP contribution in [0.15, 0.2) is 30.3 Å². The Morgan fingerprint density at radius 3 is 2.75 bits per heavy atom. The van der Waals surface area contributed by atoms with Crippen molar-refractivity contribution >= 4 is 17.1 Å². The van der Waals surface area contributed by atoms with Gasteiger partial charge in [0, 0.05) is 0 Å². The summed E-state index contributed by atoms with van der Waals surface area (Å²) in [5.74, 6) is 0.0470. The van der Waals surface area contributed by atoms with E-state index in [2.05, 4.69) is 13.0 Å². The Hall–Kier alpha value is -1.83. The molecule has 0 saturated heterocycles. The zero-order valence-corrected chi connectivity index (χ0v) is 9.23. The Kier molecular flexibility index (Phi) is 2.91. The van der Waals surface area contributed by atoms with Crippen molar-refractivity contribution in [3.05, 3.63) is 41.5 Å². The maximum Gasteiger partial charge on any atom is 0.154 e. The molecule has 16 heavy (non-hydrogen) atoms. The van der Waals surface area contributed by atoms with Gasteiger partial charge in [-0.3, -0.25) is 4.79 Å². The molecule has 2 aromatic carbocycles. The summed E-state index contributed by atoms with van der Waals surface area (Å²) >= 11 is 0. The smallest absolute Gasteiger partial charge is 0.154 e. The third-order valence-corrected chi connectivity index (χ3v) is 2.76. The van der Waals surface area contributed by atoms with Gasteiger partial charge >= 0.3 is 0 Å². The number of hydrogen-bond acceptors (Lipinski definition) is 2. The van der Waals surface area contributed by atoms with Crippen LogP contribution in [0.25, 0.3) is 10.8 Å². The minimum atomic E-state index is 0.0470. The van der Waals surface area contributed by atoms with Crippen LogP contribution >= 0.6 is 0 Å². The summed E-state index contributed by atoms with van der Waals surface area (Å²) in [6.45, 7) is 2.14. The first-order valence-corrected chi connectivity index (χ1v) is 5.46. The van der Waals surface area contributed by atoms with Gasteiger partial charge in [0.2, 0.25) is 0 Å². The molecule has 0 radical (unpaired) electrons. The lowest BCUT2D eigenvalue weighted by atomic mass is 10.0. The molecule has 82 valence electrons. The number of phenols is 1. The molecule has 2 rings (SSSR count). The van der Waals surface area contributed by atoms with Crippen molar-refractivity contribution < 1.29 is 9.90 Å². The monoisotopic (exact) mass is 214 g/mol. The summed E-state index contributed by atoms with van der Waals surface area (Å²) in [5.41, 5.74) is 1.64. The standard InChI is InChI=1S/C14H14O2/c1-2-3-10-4-6-12-11(8-10)5-7-14(16)13(12)9-15/h4-9,16H,2-3H2,1H3. The predicted octanol–water partition coefficient (Wildman–Crippen LogP) is 3.31. The van der Waals surface area contributed by atoms with Gasteiger partial charge in [0.1, 0.15) is 5.75 Å². The van der Waals surface area contributed by atoms with Crippen LogP contribution in [0.1, 0.15) is 29.3 Å². The van der Waals surface area contributed by atoms with Gasteiger partial charge in [0.15, 0.2) is 6.29 Å². The molecule has 2 heteroatoms. The Labute approximate surface area is 94.5 Å². The summed E-state index contributed by atoms with van der Waals surface area (Å²) in [5, 5.41) is 11.4. The first kappa shape index (κ1) is 10.7. The molecule has 0 aliphatic rings. The number of carbonyl (C=O) groups excluding carboxylic acids is 1. The highest BCUT2D eigenvalue weighted by molar-refractivity contribution is 6.00. The second-order valence-corrected chi connectivity index (χ2v) is 3.92. The average Bonchev–Trinajstić information content (AvgIpc) is 2.30. The molecule has 0 spiro atoms. The number of phenolic OH excluding ortho intramolecular Hbond substituents is 1. The lowest BCUT2D eigenvalue weighted by Gasteiger charge is -2.05. The van der Waals surface area contributed by atoms with E-state index in [-0.39, 0.29) is 5.75 Å². The molecule has 2 aromatic rings. The van der Waals surface area contributed by atoms with E-state index in [1.165, 1.54) is 5.56 Å². The first-order valence-electron chi connectivity index (χ1n) is 5.46. The fraction of sp³-hybridized carbons (Fsp3) is 0.214. The number of rotatable bonds is 3. The zero-order chi connectivity index (χ0) is 11.5. The summed E-state index contributed by atoms with van der Waals surface area (Å²) in [6.07, 6.45) is 2.84. The summed E-state index contributed by atoms with van der Waals surface area (Å²) < 4.78 is 0. The predicted molar refractivity (Wildman–Crippen MR) is 65.0 cm³/mol. The molecule has 0 fully saturated rings. The van der Waals surface area contributed by atoms with Crippen molar-refractivity contribution in [3.8, 4) is 5.75 Å². The van der Waals surface area contributed by atoms with Gasteiger partial charge in [-0.1, -0.05) is 37.6 Å². The van der Waals surface area contributed by atoms with Crippen LogP contribution in [0.4, 0.5) is 0 Å². The minimum Gasteiger partial charge on any atom is -0.507 e. The number of aldehydes is 1. The van der Waals surface area contributed by atoms with Gasteiger partial charge in [-0.15, -0.1) is 0 Å². The van der Waals surface area contributed by atoms with Crippen molar-refractivity contribution in [1.29, 1.82) is 0 Å². The normalized spacial score (nSPS) is 10.6. The molecule has 0 aliphatic carbocycles. The van der Waals surface area contributed by atoms with E-state index in [9.17, 15) is 9.90 Å². The van der Waals surface area contributed by atoms with Crippen molar-refractivity contribution in [3.63, 3.8) is 0 Å². The van der Waals surface area contributed by atoms with E-state index in [0.29, 0.717) is 11.8 Å². The van der Waals surface area contributed by atoms with Gasteiger partial charge < -0.3 is 5.11 Å². The lowest BCUT2D eigenvalue weighted by molar-refractivity contribution is 0.112. The van der Waals surface area contributed by atoms with Gasteiger partial charge in [-0.05, 0) is 28.8 Å². The van der Waals surface area contributed by atoms with Crippen molar-refractivity contribution in [1.82, 2.24) is 0 Å². The largest absolute Gasteiger partial charge is 0.507 e. The van der Waals surface area contributed by atoms with E-state index in [1.807, 2.05) is 18.2 Å². The van der Waals surface area contributed by atoms with Crippen molar-refractivity contribution in [2.45, 2.75) is 19.8 Å². The quantitative estimate of drug-likeness (QED) is 0.796. The van der Waals surface area contributed by atoms with Crippen LogP contribution in [-0.4, -0.2) is 11.4 Å². The van der Waals surface area contributed by atoms with E-state index in [4.69, 9.17) is 0 Å². The maximum absolute atomic E-state index is 10.9. The van der Waals surface area contributed by atoms with E-state index < -0.39 is 0 Å². The van der Waals surface area contributed by atoms with Crippen LogP contribution in [0.5, 0.6) is 5.75 Å². The van der Waals surface area contributed by atoms with E-state index in [1.54, 1.807) is 6.07 Å². The van der Waals surface area contributed by atoms with Crippen LogP contribution in [0.2, 0.25) is 0 Å². The number of hydrogen-bond donors (Lipinski definition) is 1. The third kappa shape index (κ3) is 1.78. The number of benzene rings is 2. The summed E-state index contributed by atoms with van der Waals surface area (Å²) in [4.78, 5) is 10.9. The number of fused-ring (bicyclic) bond motifs is 1. The number of carbonyl (C=O) groups is 1. The molecule has 0 aliphatic heterocycles. The van der Waals surface area contributed by atoms with Crippen molar-refractivity contribution in [2.24, 2.45) is 0 Å². The minimum absolute atomic E-state index is 0.0470. The highest BCUT2D eigenvalue weighted by Crippen LogP contribution is 2.26. The van der Waals surface area contributed by atoms with E-state index >= 15 is 0 Å². The second kappa shape index (κ2) is 4.35. The van der Waals surface area contributed by atoms with Gasteiger partial charge in [0.05, 0.1) is 5.56 Å². The highest BCUT2D eigenvalue weighted by Gasteiger charge is 2.06. The van der Waals surface area contributed by atoms with Crippen molar-refractivity contribution in [2.75, 3.05) is 0 Å². The zero-order valence-electron chi connectivity index (χ0n) is 9.23. The Morgan fingerprint density at radius 1 is 1.25 bits per heavy atom. The molecule has 0 amide bonds. The third-order valence-electron chi connectivity index (χ3n) is 2.76. The highest BCUT2D eigenvalue weighted by atomic mass is 16.3. The molecule has 0 atom stereocenters. The molecular formula is C14H14O2. The van der Waals surface area contributed by atoms with Gasteiger partial charge in [-0.25, -0.2) is 0 Å². The Bertz CT molecular complexity index is 529. The van der Waals surface area contributed by atoms with Gasteiger partial charge in [-0.2, -0.15) is 0 Å². The lowest BCUT2D eigenvalue weighted by Crippen LogP contribution is -1.88. The molecule has 0 heterocycles. The Balaban J connectivity index is 2.64. The van der Waals surface area contributed by atoms with Crippen LogP contribution in [-0.2, 0) is 6.42 Å². The second-order valence-electron chi connectivity index (χ2n) is 3.92. The molecule has 2 nitrogen and oxygen atoms in total. The SMILES string of the molecule is CCCc1ccc2c(C=O)c(O)ccc2c1. The topological polar surface area (TPSA) is 37.3 Å². The molecule has 0 bridgehead atoms. The maximum atomic E-state index is 10.9.